The molecule has 1 atom stereocenters. The van der Waals surface area contributed by atoms with E-state index in [9.17, 15) is 5.11 Å². The number of ether oxygens (including phenoxy) is 1. The molecule has 0 spiro atoms. The van der Waals surface area contributed by atoms with Crippen molar-refractivity contribution in [3.63, 3.8) is 0 Å². The second kappa shape index (κ2) is 11.0. The first-order chi connectivity index (χ1) is 15.7. The number of nitrogens with zero attached hydrogens (tertiary/aromatic N) is 1. The first-order valence-electron chi connectivity index (χ1n) is 10.8. The van der Waals surface area contributed by atoms with Crippen LogP contribution in [0.25, 0.3) is 11.5 Å². The lowest BCUT2D eigenvalue weighted by Gasteiger charge is -2.14. The molecule has 4 aromatic rings. The number of rotatable bonds is 10. The highest BCUT2D eigenvalue weighted by Crippen LogP contribution is 2.26. The molecule has 0 fully saturated rings. The van der Waals surface area contributed by atoms with Crippen molar-refractivity contribution in [3.8, 4) is 17.2 Å². The number of hydrogen-bond donors (Lipinski definition) is 1. The molecule has 0 saturated heterocycles. The van der Waals surface area contributed by atoms with Crippen molar-refractivity contribution < 1.29 is 14.3 Å². The fourth-order valence-corrected chi connectivity index (χ4v) is 4.50. The van der Waals surface area contributed by atoms with E-state index in [1.165, 1.54) is 10.5 Å². The van der Waals surface area contributed by atoms with Crippen LogP contribution in [0.15, 0.2) is 94.2 Å². The third-order valence-corrected chi connectivity index (χ3v) is 6.35. The average Bonchev–Trinajstić information content (AvgIpc) is 3.21. The van der Waals surface area contributed by atoms with E-state index in [4.69, 9.17) is 9.15 Å². The summed E-state index contributed by atoms with van der Waals surface area (Å²) >= 11 is 1.70. The Morgan fingerprint density at radius 3 is 2.31 bits per heavy atom. The second-order valence-electron chi connectivity index (χ2n) is 7.57. The lowest BCUT2D eigenvalue weighted by atomic mass is 10.1. The summed E-state index contributed by atoms with van der Waals surface area (Å²) in [6.07, 6.45) is 1.49. The number of thioether (sulfide) groups is 1. The van der Waals surface area contributed by atoms with Gasteiger partial charge in [0.25, 0.3) is 0 Å². The first-order valence-corrected chi connectivity index (χ1v) is 11.7. The quantitative estimate of drug-likeness (QED) is 0.305. The Bertz CT molecular complexity index is 1090. The highest BCUT2D eigenvalue weighted by atomic mass is 32.2. The maximum Gasteiger partial charge on any atom is 0.226 e. The van der Waals surface area contributed by atoms with Crippen molar-refractivity contribution in [1.82, 2.24) is 4.98 Å². The molecule has 0 aliphatic heterocycles. The Hall–Kier alpha value is -3.02. The molecule has 3 aromatic carbocycles. The molecule has 164 valence electrons. The van der Waals surface area contributed by atoms with Gasteiger partial charge in [-0.2, -0.15) is 0 Å². The molecule has 4 rings (SSSR count). The fraction of sp³-hybridized carbons (Fsp3) is 0.222. The minimum atomic E-state index is 0.123. The van der Waals surface area contributed by atoms with E-state index >= 15 is 0 Å². The number of aliphatic hydroxyl groups is 1. The minimum absolute atomic E-state index is 0.123. The van der Waals surface area contributed by atoms with Crippen molar-refractivity contribution in [3.05, 3.63) is 102 Å². The molecule has 0 amide bonds. The molecule has 1 aromatic heterocycles. The molecule has 0 bridgehead atoms. The standard InChI is InChI=1S/C27H27NO3S/c1-20-26(28-27(31-20)22-8-4-2-5-9-22)16-17-30-23-14-12-21(13-15-23)18-25(19-29)32-24-10-6-3-7-11-24/h2-15,25,29H,16-19H2,1H3/t25-/m0/s1. The van der Waals surface area contributed by atoms with Gasteiger partial charge >= 0.3 is 0 Å². The van der Waals surface area contributed by atoms with Crippen LogP contribution in [0.1, 0.15) is 17.0 Å². The maximum absolute atomic E-state index is 9.77. The summed E-state index contributed by atoms with van der Waals surface area (Å²) in [6.45, 7) is 2.61. The Labute approximate surface area is 193 Å². The summed E-state index contributed by atoms with van der Waals surface area (Å²) in [5.41, 5.74) is 3.08. The number of benzene rings is 3. The van der Waals surface area contributed by atoms with Gasteiger partial charge in [0, 0.05) is 22.1 Å². The molecular formula is C27H27NO3S. The van der Waals surface area contributed by atoms with Crippen molar-refractivity contribution in [2.75, 3.05) is 13.2 Å². The summed E-state index contributed by atoms with van der Waals surface area (Å²) in [5.74, 6) is 2.30. The van der Waals surface area contributed by atoms with Gasteiger partial charge in [0.15, 0.2) is 0 Å². The number of aliphatic hydroxyl groups excluding tert-OH is 1. The van der Waals surface area contributed by atoms with Crippen LogP contribution in [0, 0.1) is 6.92 Å². The zero-order valence-electron chi connectivity index (χ0n) is 18.1. The Kier molecular flexibility index (Phi) is 7.64. The Balaban J connectivity index is 1.28. The summed E-state index contributed by atoms with van der Waals surface area (Å²) in [7, 11) is 0. The molecule has 32 heavy (non-hydrogen) atoms. The van der Waals surface area contributed by atoms with E-state index in [0.717, 1.165) is 29.2 Å². The lowest BCUT2D eigenvalue weighted by molar-refractivity contribution is 0.294. The van der Waals surface area contributed by atoms with Crippen molar-refractivity contribution in [1.29, 1.82) is 0 Å². The molecule has 0 aliphatic carbocycles. The summed E-state index contributed by atoms with van der Waals surface area (Å²) in [4.78, 5) is 5.80. The summed E-state index contributed by atoms with van der Waals surface area (Å²) < 4.78 is 11.7. The Morgan fingerprint density at radius 2 is 1.62 bits per heavy atom. The first kappa shape index (κ1) is 22.2. The molecule has 0 saturated carbocycles. The molecule has 4 nitrogen and oxygen atoms in total. The van der Waals surface area contributed by atoms with Crippen LogP contribution in [0.3, 0.4) is 0 Å². The van der Waals surface area contributed by atoms with Crippen molar-refractivity contribution in [2.24, 2.45) is 0 Å². The van der Waals surface area contributed by atoms with Gasteiger partial charge in [0.2, 0.25) is 5.89 Å². The van der Waals surface area contributed by atoms with Gasteiger partial charge in [-0.05, 0) is 55.3 Å². The normalized spacial score (nSPS) is 11.9. The van der Waals surface area contributed by atoms with Gasteiger partial charge in [-0.25, -0.2) is 4.98 Å². The number of hydrogen-bond acceptors (Lipinski definition) is 5. The average molecular weight is 446 g/mol. The molecular weight excluding hydrogens is 418 g/mol. The SMILES string of the molecule is Cc1oc(-c2ccccc2)nc1CCOc1ccc(C[C@@H](CO)Sc2ccccc2)cc1. The van der Waals surface area contributed by atoms with Crippen LogP contribution in [-0.2, 0) is 12.8 Å². The molecule has 0 radical (unpaired) electrons. The number of oxazole rings is 1. The third kappa shape index (κ3) is 6.02. The maximum atomic E-state index is 9.77. The van der Waals surface area contributed by atoms with Crippen LogP contribution in [0.5, 0.6) is 5.75 Å². The van der Waals surface area contributed by atoms with E-state index in [1.54, 1.807) is 11.8 Å². The topological polar surface area (TPSA) is 55.5 Å². The third-order valence-electron chi connectivity index (χ3n) is 5.16. The molecule has 1 heterocycles. The van der Waals surface area contributed by atoms with Gasteiger partial charge in [0.1, 0.15) is 11.5 Å². The van der Waals surface area contributed by atoms with Gasteiger partial charge in [-0.15, -0.1) is 11.8 Å². The van der Waals surface area contributed by atoms with Crippen LogP contribution >= 0.6 is 11.8 Å². The predicted octanol–water partition coefficient (Wildman–Crippen LogP) is 5.97. The van der Waals surface area contributed by atoms with Crippen molar-refractivity contribution >= 4 is 11.8 Å². The number of aromatic nitrogens is 1. The van der Waals surface area contributed by atoms with E-state index in [1.807, 2.05) is 67.6 Å². The molecule has 5 heteroatoms. The van der Waals surface area contributed by atoms with Gasteiger partial charge in [-0.1, -0.05) is 48.5 Å². The van der Waals surface area contributed by atoms with Crippen molar-refractivity contribution in [2.45, 2.75) is 29.9 Å². The van der Waals surface area contributed by atoms with Crippen LogP contribution in [0.2, 0.25) is 0 Å². The highest BCUT2D eigenvalue weighted by Gasteiger charge is 2.12. The molecule has 0 aliphatic rings. The van der Waals surface area contributed by atoms with Crippen LogP contribution in [0.4, 0.5) is 0 Å². The second-order valence-corrected chi connectivity index (χ2v) is 8.94. The van der Waals surface area contributed by atoms with E-state index < -0.39 is 0 Å². The largest absolute Gasteiger partial charge is 0.493 e. The van der Waals surface area contributed by atoms with Crippen LogP contribution in [-0.4, -0.2) is 28.6 Å². The van der Waals surface area contributed by atoms with E-state index in [2.05, 4.69) is 29.2 Å². The minimum Gasteiger partial charge on any atom is -0.493 e. The van der Waals surface area contributed by atoms with Crippen LogP contribution < -0.4 is 4.74 Å². The molecule has 0 unspecified atom stereocenters. The summed E-state index contributed by atoms with van der Waals surface area (Å²) in [6, 6.07) is 28.2. The van der Waals surface area contributed by atoms with Gasteiger partial charge < -0.3 is 14.3 Å². The predicted molar refractivity (Wildman–Crippen MR) is 129 cm³/mol. The van der Waals surface area contributed by atoms with Gasteiger partial charge in [-0.3, -0.25) is 0 Å². The highest BCUT2D eigenvalue weighted by molar-refractivity contribution is 8.00. The van der Waals surface area contributed by atoms with E-state index in [0.29, 0.717) is 18.9 Å². The summed E-state index contributed by atoms with van der Waals surface area (Å²) in [5, 5.41) is 9.89. The zero-order chi connectivity index (χ0) is 22.2. The zero-order valence-corrected chi connectivity index (χ0v) is 18.9. The van der Waals surface area contributed by atoms with E-state index in [-0.39, 0.29) is 11.9 Å². The smallest absolute Gasteiger partial charge is 0.226 e. The monoisotopic (exact) mass is 445 g/mol. The lowest BCUT2D eigenvalue weighted by Crippen LogP contribution is -2.12. The fourth-order valence-electron chi connectivity index (χ4n) is 3.45. The Morgan fingerprint density at radius 1 is 0.938 bits per heavy atom. The molecule has 1 N–H and O–H groups in total. The van der Waals surface area contributed by atoms with Gasteiger partial charge in [0.05, 0.1) is 18.9 Å². The number of aryl methyl sites for hydroxylation is 1.